The van der Waals surface area contributed by atoms with Crippen molar-refractivity contribution in [2.45, 2.75) is 31.7 Å². The molecule has 1 aromatic carbocycles. The maximum absolute atomic E-state index is 13.6. The second-order valence-electron chi connectivity index (χ2n) is 7.07. The Labute approximate surface area is 177 Å². The Hall–Kier alpha value is -2.99. The smallest absolute Gasteiger partial charge is 0.362 e. The van der Waals surface area contributed by atoms with Crippen molar-refractivity contribution in [2.24, 2.45) is 5.73 Å². The summed E-state index contributed by atoms with van der Waals surface area (Å²) in [5.74, 6) is -0.807. The minimum absolute atomic E-state index is 0.00272. The zero-order valence-corrected chi connectivity index (χ0v) is 16.6. The van der Waals surface area contributed by atoms with E-state index in [-0.39, 0.29) is 22.7 Å². The summed E-state index contributed by atoms with van der Waals surface area (Å²) in [6.45, 7) is 0.705. The molecular weight excluding hydrogens is 442 g/mol. The highest BCUT2D eigenvalue weighted by Crippen LogP contribution is 2.33. The van der Waals surface area contributed by atoms with Crippen molar-refractivity contribution in [2.75, 3.05) is 11.4 Å². The first-order valence-electron chi connectivity index (χ1n) is 9.15. The normalized spacial score (nSPS) is 15.1. The van der Waals surface area contributed by atoms with E-state index < -0.39 is 23.6 Å². The highest BCUT2D eigenvalue weighted by atomic mass is 35.5. The quantitative estimate of drug-likeness (QED) is 0.582. The van der Waals surface area contributed by atoms with Gasteiger partial charge in [-0.25, -0.2) is 14.2 Å². The van der Waals surface area contributed by atoms with E-state index in [9.17, 15) is 22.4 Å². The number of rotatable bonds is 4. The van der Waals surface area contributed by atoms with Gasteiger partial charge in [-0.3, -0.25) is 4.79 Å². The number of hydrogen-bond donors (Lipinski definition) is 2. The monoisotopic (exact) mass is 457 g/mol. The van der Waals surface area contributed by atoms with Gasteiger partial charge in [-0.1, -0.05) is 22.9 Å². The molecule has 1 atom stereocenters. The van der Waals surface area contributed by atoms with Crippen LogP contribution in [0, 0.1) is 5.82 Å². The molecule has 4 rings (SSSR count). The highest BCUT2D eigenvalue weighted by molar-refractivity contribution is 6.32. The Morgan fingerprint density at radius 3 is 2.84 bits per heavy atom. The molecule has 3 heterocycles. The third-order valence-corrected chi connectivity index (χ3v) is 5.48. The van der Waals surface area contributed by atoms with E-state index in [1.54, 1.807) is 0 Å². The van der Waals surface area contributed by atoms with Crippen molar-refractivity contribution >= 4 is 17.3 Å². The van der Waals surface area contributed by atoms with Gasteiger partial charge in [0.05, 0.1) is 30.7 Å². The maximum atomic E-state index is 13.6. The molecule has 0 radical (unpaired) electrons. The van der Waals surface area contributed by atoms with Crippen LogP contribution in [0.3, 0.4) is 0 Å². The largest absolute Gasteiger partial charge is 0.407 e. The van der Waals surface area contributed by atoms with Crippen molar-refractivity contribution in [3.63, 3.8) is 0 Å². The van der Waals surface area contributed by atoms with Crippen molar-refractivity contribution in [1.82, 2.24) is 25.2 Å². The van der Waals surface area contributed by atoms with Gasteiger partial charge in [0, 0.05) is 13.0 Å². The Kier molecular flexibility index (Phi) is 5.43. The first kappa shape index (κ1) is 21.2. The van der Waals surface area contributed by atoms with Gasteiger partial charge >= 0.3 is 6.18 Å². The highest BCUT2D eigenvalue weighted by Gasteiger charge is 2.39. The van der Waals surface area contributed by atoms with Crippen LogP contribution < -0.4 is 16.2 Å². The molecule has 31 heavy (non-hydrogen) atoms. The van der Waals surface area contributed by atoms with E-state index in [1.165, 1.54) is 16.9 Å². The molecule has 0 spiro atoms. The van der Waals surface area contributed by atoms with Crippen LogP contribution in [0.1, 0.15) is 28.6 Å². The molecule has 0 aliphatic carbocycles. The summed E-state index contributed by atoms with van der Waals surface area (Å²) >= 11 is 6.06. The average molecular weight is 458 g/mol. The lowest BCUT2D eigenvalue weighted by Gasteiger charge is -2.28. The van der Waals surface area contributed by atoms with E-state index >= 15 is 0 Å². The standard InChI is InChI=1S/C18H16ClF4N7O/c19-15-14(6-25-27-17(15)31)29-4-3-13-12(8-29)26-28-30(13)7-9-1-2-10(20)5-11(9)16(24)18(21,22)23/h1-2,5-6,16H,3-4,7-8,24H2,(H,27,31)/t16-/m0/s1. The fraction of sp³-hybridized carbons (Fsp3) is 0.333. The second kappa shape index (κ2) is 7.93. The predicted octanol–water partition coefficient (Wildman–Crippen LogP) is 2.33. The molecule has 0 fully saturated rings. The van der Waals surface area contributed by atoms with Gasteiger partial charge in [0.15, 0.2) is 0 Å². The van der Waals surface area contributed by atoms with Gasteiger partial charge in [0.2, 0.25) is 0 Å². The van der Waals surface area contributed by atoms with Crippen LogP contribution >= 0.6 is 11.6 Å². The lowest BCUT2D eigenvalue weighted by atomic mass is 10.00. The molecule has 8 nitrogen and oxygen atoms in total. The van der Waals surface area contributed by atoms with Crippen molar-refractivity contribution in [1.29, 1.82) is 0 Å². The minimum Gasteiger partial charge on any atom is -0.362 e. The molecule has 3 N–H and O–H groups in total. The molecule has 0 unspecified atom stereocenters. The van der Waals surface area contributed by atoms with Crippen LogP contribution in [-0.4, -0.2) is 37.9 Å². The summed E-state index contributed by atoms with van der Waals surface area (Å²) in [7, 11) is 0. The maximum Gasteiger partial charge on any atom is 0.407 e. The SMILES string of the molecule is N[C@@H](c1cc(F)ccc1Cn1nnc2c1CCN(c1cn[nH]c(=O)c1Cl)C2)C(F)(F)F. The van der Waals surface area contributed by atoms with Gasteiger partial charge < -0.3 is 10.6 Å². The number of alkyl halides is 3. The number of nitrogens with one attached hydrogen (secondary N) is 1. The van der Waals surface area contributed by atoms with Gasteiger partial charge in [-0.15, -0.1) is 5.10 Å². The van der Waals surface area contributed by atoms with E-state index in [4.69, 9.17) is 17.3 Å². The number of halogens is 5. The second-order valence-corrected chi connectivity index (χ2v) is 7.45. The molecule has 3 aromatic rings. The summed E-state index contributed by atoms with van der Waals surface area (Å²) < 4.78 is 54.5. The first-order valence-corrected chi connectivity index (χ1v) is 9.53. The molecule has 2 aromatic heterocycles. The van der Waals surface area contributed by atoms with Crippen LogP contribution in [0.5, 0.6) is 0 Å². The van der Waals surface area contributed by atoms with Crippen molar-refractivity contribution in [3.05, 3.63) is 68.1 Å². The van der Waals surface area contributed by atoms with Crippen LogP contribution in [0.2, 0.25) is 5.02 Å². The molecule has 0 amide bonds. The number of fused-ring (bicyclic) bond motifs is 1. The fourth-order valence-corrected chi connectivity index (χ4v) is 3.74. The summed E-state index contributed by atoms with van der Waals surface area (Å²) in [6, 6.07) is 0.815. The van der Waals surface area contributed by atoms with Crippen molar-refractivity contribution < 1.29 is 17.6 Å². The zero-order valence-electron chi connectivity index (χ0n) is 15.8. The molecular formula is C18H16ClF4N7O. The van der Waals surface area contributed by atoms with Crippen LogP contribution in [0.4, 0.5) is 23.2 Å². The third kappa shape index (κ3) is 4.12. The minimum atomic E-state index is -4.72. The molecule has 164 valence electrons. The molecule has 0 bridgehead atoms. The molecule has 13 heteroatoms. The number of benzene rings is 1. The number of nitrogens with two attached hydrogens (primary N) is 1. The predicted molar refractivity (Wildman–Crippen MR) is 103 cm³/mol. The van der Waals surface area contributed by atoms with E-state index in [0.717, 1.165) is 17.8 Å². The average Bonchev–Trinajstić information content (AvgIpc) is 3.12. The Morgan fingerprint density at radius 1 is 1.32 bits per heavy atom. The number of H-pyrrole nitrogens is 1. The van der Waals surface area contributed by atoms with Gasteiger partial charge in [0.25, 0.3) is 5.56 Å². The molecule has 1 aliphatic heterocycles. The number of hydrogen-bond acceptors (Lipinski definition) is 6. The van der Waals surface area contributed by atoms with Gasteiger partial charge in [-0.05, 0) is 23.3 Å². The van der Waals surface area contributed by atoms with Crippen LogP contribution in [0.15, 0.2) is 29.2 Å². The summed E-state index contributed by atoms with van der Waals surface area (Å²) in [5, 5.41) is 14.2. The molecule has 0 saturated heterocycles. The summed E-state index contributed by atoms with van der Waals surface area (Å²) in [5.41, 5.74) is 6.42. The number of aromatic amines is 1. The van der Waals surface area contributed by atoms with E-state index in [2.05, 4.69) is 20.5 Å². The summed E-state index contributed by atoms with van der Waals surface area (Å²) in [4.78, 5) is 13.5. The van der Waals surface area contributed by atoms with E-state index in [1.807, 2.05) is 4.90 Å². The molecule has 1 aliphatic rings. The fourth-order valence-electron chi connectivity index (χ4n) is 3.53. The number of aromatic nitrogens is 5. The third-order valence-electron chi connectivity index (χ3n) is 5.11. The number of anilines is 1. The van der Waals surface area contributed by atoms with Gasteiger partial charge in [-0.2, -0.15) is 18.3 Å². The van der Waals surface area contributed by atoms with Gasteiger partial charge in [0.1, 0.15) is 22.6 Å². The zero-order chi connectivity index (χ0) is 22.3. The van der Waals surface area contributed by atoms with Crippen molar-refractivity contribution in [3.8, 4) is 0 Å². The van der Waals surface area contributed by atoms with Crippen LogP contribution in [0.25, 0.3) is 0 Å². The Morgan fingerprint density at radius 2 is 2.10 bits per heavy atom. The Bertz CT molecular complexity index is 1180. The number of nitrogens with zero attached hydrogens (tertiary/aromatic N) is 5. The lowest BCUT2D eigenvalue weighted by Crippen LogP contribution is -2.33. The van der Waals surface area contributed by atoms with E-state index in [0.29, 0.717) is 30.9 Å². The summed E-state index contributed by atoms with van der Waals surface area (Å²) in [6.07, 6.45) is -2.83. The topological polar surface area (TPSA) is 106 Å². The lowest BCUT2D eigenvalue weighted by molar-refractivity contribution is -0.149. The first-order chi connectivity index (χ1) is 14.6. The van der Waals surface area contributed by atoms with Crippen LogP contribution in [-0.2, 0) is 19.5 Å². The Balaban J connectivity index is 1.61. The molecule has 0 saturated carbocycles.